The fourth-order valence-electron chi connectivity index (χ4n) is 4.14. The maximum Gasteiger partial charge on any atom is 0.263 e. The van der Waals surface area contributed by atoms with Gasteiger partial charge in [0.05, 0.1) is 28.5 Å². The van der Waals surface area contributed by atoms with Gasteiger partial charge in [0.2, 0.25) is 11.7 Å². The van der Waals surface area contributed by atoms with E-state index in [9.17, 15) is 9.59 Å². The number of nitrogens with zero attached hydrogens (tertiary/aromatic N) is 7. The molecule has 5 rings (SSSR count). The lowest BCUT2D eigenvalue weighted by atomic mass is 10.2. The predicted molar refractivity (Wildman–Crippen MR) is 138 cm³/mol. The summed E-state index contributed by atoms with van der Waals surface area (Å²) in [4.78, 5) is 34.5. The Bertz CT molecular complexity index is 1440. The van der Waals surface area contributed by atoms with E-state index in [0.717, 1.165) is 31.9 Å². The van der Waals surface area contributed by atoms with Crippen LogP contribution in [0.5, 0.6) is 0 Å². The summed E-state index contributed by atoms with van der Waals surface area (Å²) in [5.41, 5.74) is 1.60. The van der Waals surface area contributed by atoms with Crippen LogP contribution >= 0.6 is 11.8 Å². The number of piperazine rings is 1. The van der Waals surface area contributed by atoms with Crippen molar-refractivity contribution in [1.82, 2.24) is 29.0 Å². The van der Waals surface area contributed by atoms with Crippen LogP contribution < -0.4 is 15.8 Å². The highest BCUT2D eigenvalue weighted by Crippen LogP contribution is 2.22. The number of fused-ring (bicyclic) bond motifs is 3. The molecule has 0 atom stereocenters. The lowest BCUT2D eigenvalue weighted by Crippen LogP contribution is -2.44. The zero-order chi connectivity index (χ0) is 24.4. The number of hydrogen-bond acceptors (Lipinski definition) is 8. The molecule has 0 saturated carbocycles. The molecule has 0 radical (unpaired) electrons. The molecule has 11 heteroatoms. The Hall–Kier alpha value is -3.70. The van der Waals surface area contributed by atoms with Crippen LogP contribution in [-0.2, 0) is 11.3 Å². The number of hydrogen-bond donors (Lipinski definition) is 1. The van der Waals surface area contributed by atoms with Crippen molar-refractivity contribution in [3.63, 3.8) is 0 Å². The number of carbonyl (C=O) groups excluding carboxylic acids is 1. The fourth-order valence-corrected chi connectivity index (χ4v) is 4.88. The van der Waals surface area contributed by atoms with Gasteiger partial charge in [0.15, 0.2) is 5.16 Å². The van der Waals surface area contributed by atoms with Gasteiger partial charge in [-0.3, -0.25) is 18.6 Å². The smallest absolute Gasteiger partial charge is 0.263 e. The van der Waals surface area contributed by atoms with Crippen molar-refractivity contribution < 1.29 is 4.79 Å². The first-order chi connectivity index (χ1) is 17.0. The topological polar surface area (TPSA) is 101 Å². The van der Waals surface area contributed by atoms with Crippen LogP contribution in [0.1, 0.15) is 0 Å². The van der Waals surface area contributed by atoms with Crippen LogP contribution in [0.2, 0.25) is 0 Å². The molecule has 1 aliphatic rings. The molecule has 3 aromatic heterocycles. The van der Waals surface area contributed by atoms with Gasteiger partial charge >= 0.3 is 0 Å². The third-order valence-electron chi connectivity index (χ3n) is 6.01. The van der Waals surface area contributed by atoms with Crippen molar-refractivity contribution >= 4 is 45.9 Å². The Morgan fingerprint density at radius 1 is 1.14 bits per heavy atom. The van der Waals surface area contributed by atoms with E-state index in [1.807, 2.05) is 30.3 Å². The van der Waals surface area contributed by atoms with Crippen molar-refractivity contribution in [2.45, 2.75) is 11.7 Å². The summed E-state index contributed by atoms with van der Waals surface area (Å²) in [6.45, 7) is 8.01. The van der Waals surface area contributed by atoms with Gasteiger partial charge in [-0.15, -0.1) is 16.8 Å². The van der Waals surface area contributed by atoms with E-state index in [1.165, 1.54) is 16.3 Å². The molecule has 4 heterocycles. The maximum atomic E-state index is 12.9. The zero-order valence-corrected chi connectivity index (χ0v) is 20.2. The van der Waals surface area contributed by atoms with Gasteiger partial charge in [-0.25, -0.2) is 4.98 Å². The van der Waals surface area contributed by atoms with Gasteiger partial charge in [0.1, 0.15) is 5.82 Å². The summed E-state index contributed by atoms with van der Waals surface area (Å²) in [6, 6.07) is 11.1. The van der Waals surface area contributed by atoms with E-state index in [2.05, 4.69) is 43.9 Å². The van der Waals surface area contributed by atoms with Crippen LogP contribution in [0.3, 0.4) is 0 Å². The number of thioether (sulfide) groups is 1. The lowest BCUT2D eigenvalue weighted by molar-refractivity contribution is -0.113. The van der Waals surface area contributed by atoms with Crippen molar-refractivity contribution in [3.05, 3.63) is 65.6 Å². The molecule has 0 spiro atoms. The van der Waals surface area contributed by atoms with Gasteiger partial charge < -0.3 is 15.1 Å². The molecular weight excluding hydrogens is 464 g/mol. The molecule has 1 amide bonds. The van der Waals surface area contributed by atoms with E-state index >= 15 is 0 Å². The fraction of sp³-hybridized carbons (Fsp3) is 0.292. The molecule has 1 fully saturated rings. The minimum atomic E-state index is -0.199. The summed E-state index contributed by atoms with van der Waals surface area (Å²) in [7, 11) is 2.12. The second-order valence-electron chi connectivity index (χ2n) is 8.37. The number of anilines is 2. The summed E-state index contributed by atoms with van der Waals surface area (Å²) in [6.07, 6.45) is 3.44. The van der Waals surface area contributed by atoms with Gasteiger partial charge in [-0.1, -0.05) is 30.0 Å². The van der Waals surface area contributed by atoms with Crippen LogP contribution in [0.4, 0.5) is 11.5 Å². The molecule has 0 bridgehead atoms. The maximum absolute atomic E-state index is 12.9. The molecule has 0 aliphatic carbocycles. The minimum Gasteiger partial charge on any atom is -0.368 e. The Morgan fingerprint density at radius 3 is 2.69 bits per heavy atom. The zero-order valence-electron chi connectivity index (χ0n) is 19.4. The van der Waals surface area contributed by atoms with Gasteiger partial charge in [0, 0.05) is 32.7 Å². The highest BCUT2D eigenvalue weighted by Gasteiger charge is 2.18. The number of likely N-dealkylation sites (N-methyl/N-ethyl adjacent to an activating group) is 1. The second kappa shape index (κ2) is 9.88. The summed E-state index contributed by atoms with van der Waals surface area (Å²) < 4.78 is 3.33. The Balaban J connectivity index is 1.30. The number of allylic oxidation sites excluding steroid dienone is 1. The highest BCUT2D eigenvalue weighted by atomic mass is 32.2. The third-order valence-corrected chi connectivity index (χ3v) is 6.93. The minimum absolute atomic E-state index is 0.123. The number of pyridine rings is 1. The van der Waals surface area contributed by atoms with Crippen LogP contribution in [0.25, 0.3) is 16.7 Å². The average Bonchev–Trinajstić information content (AvgIpc) is 3.30. The molecule has 180 valence electrons. The van der Waals surface area contributed by atoms with E-state index in [1.54, 1.807) is 22.7 Å². The Kier molecular flexibility index (Phi) is 6.51. The number of amides is 1. The van der Waals surface area contributed by atoms with Crippen LogP contribution in [0.15, 0.2) is 65.2 Å². The lowest BCUT2D eigenvalue weighted by Gasteiger charge is -2.33. The summed E-state index contributed by atoms with van der Waals surface area (Å²) >= 11 is 1.25. The Morgan fingerprint density at radius 2 is 1.94 bits per heavy atom. The van der Waals surface area contributed by atoms with E-state index in [-0.39, 0.29) is 17.2 Å². The number of nitrogens with one attached hydrogen (secondary N) is 1. The van der Waals surface area contributed by atoms with Gasteiger partial charge in [-0.05, 0) is 31.3 Å². The number of aromatic nitrogens is 5. The van der Waals surface area contributed by atoms with Crippen LogP contribution in [-0.4, -0.2) is 73.9 Å². The van der Waals surface area contributed by atoms with Crippen molar-refractivity contribution in [1.29, 1.82) is 0 Å². The van der Waals surface area contributed by atoms with Crippen LogP contribution in [0, 0.1) is 0 Å². The van der Waals surface area contributed by atoms with E-state index < -0.39 is 0 Å². The molecule has 0 unspecified atom stereocenters. The summed E-state index contributed by atoms with van der Waals surface area (Å²) in [5.74, 6) is 0.843. The second-order valence-corrected chi connectivity index (χ2v) is 9.31. The molecule has 35 heavy (non-hydrogen) atoms. The summed E-state index contributed by atoms with van der Waals surface area (Å²) in [5, 5.41) is 12.4. The number of carbonyl (C=O) groups is 1. The molecule has 4 aromatic rings. The first-order valence-electron chi connectivity index (χ1n) is 11.3. The SMILES string of the molecule is C=CCn1c(=O)c2ccccc2n2c(SCC(=O)Nc3ccc(N4CCN(C)CC4)cn3)nnc12. The van der Waals surface area contributed by atoms with Gasteiger partial charge in [0.25, 0.3) is 5.56 Å². The molecule has 1 aromatic carbocycles. The molecular formula is C24H26N8O2S. The number of benzene rings is 1. The molecule has 1 aliphatic heterocycles. The first-order valence-corrected chi connectivity index (χ1v) is 12.3. The molecule has 1 saturated heterocycles. The van der Waals surface area contributed by atoms with Gasteiger partial charge in [-0.2, -0.15) is 0 Å². The largest absolute Gasteiger partial charge is 0.368 e. The standard InChI is InChI=1S/C24H26N8O2S/c1-3-10-31-22(34)18-6-4-5-7-19(18)32-23(31)27-28-24(32)35-16-21(33)26-20-9-8-17(15-25-20)30-13-11-29(2)12-14-30/h3-9,15H,1,10-14,16H2,2H3,(H,25,26,33). The van der Waals surface area contributed by atoms with Crippen molar-refractivity contribution in [2.75, 3.05) is 49.2 Å². The third kappa shape index (κ3) is 4.64. The highest BCUT2D eigenvalue weighted by molar-refractivity contribution is 7.99. The van der Waals surface area contributed by atoms with Crippen molar-refractivity contribution in [3.8, 4) is 0 Å². The average molecular weight is 491 g/mol. The first kappa shape index (κ1) is 23.1. The Labute approximate surface area is 206 Å². The van der Waals surface area contributed by atoms with E-state index in [4.69, 9.17) is 0 Å². The predicted octanol–water partition coefficient (Wildman–Crippen LogP) is 2.11. The quantitative estimate of drug-likeness (QED) is 0.311. The van der Waals surface area contributed by atoms with E-state index in [0.29, 0.717) is 34.2 Å². The van der Waals surface area contributed by atoms with Crippen molar-refractivity contribution in [2.24, 2.45) is 0 Å². The molecule has 1 N–H and O–H groups in total. The number of para-hydroxylation sites is 1. The number of rotatable bonds is 7. The molecule has 10 nitrogen and oxygen atoms in total. The normalized spacial score (nSPS) is 14.5. The monoisotopic (exact) mass is 490 g/mol.